The molecule has 3 N–H and O–H groups in total. The Balaban J connectivity index is 2.45. The molecule has 2 rings (SSSR count). The summed E-state index contributed by atoms with van der Waals surface area (Å²) < 4.78 is 1.88. The minimum absolute atomic E-state index is 0.404. The Bertz CT molecular complexity index is 490. The fraction of sp³-hybridized carbons (Fsp3) is 0.300. The summed E-state index contributed by atoms with van der Waals surface area (Å²) in [7, 11) is 0. The van der Waals surface area contributed by atoms with E-state index in [2.05, 4.69) is 20.5 Å². The van der Waals surface area contributed by atoms with Crippen molar-refractivity contribution in [3.63, 3.8) is 0 Å². The van der Waals surface area contributed by atoms with E-state index in [9.17, 15) is 0 Å². The molecule has 2 aromatic rings. The molecule has 16 heavy (non-hydrogen) atoms. The van der Waals surface area contributed by atoms with Crippen molar-refractivity contribution in [2.75, 3.05) is 5.43 Å². The first-order valence-corrected chi connectivity index (χ1v) is 5.08. The van der Waals surface area contributed by atoms with Crippen molar-refractivity contribution in [1.82, 2.24) is 19.7 Å². The first kappa shape index (κ1) is 10.6. The van der Waals surface area contributed by atoms with Crippen molar-refractivity contribution in [2.45, 2.75) is 20.4 Å². The van der Waals surface area contributed by atoms with Crippen LogP contribution in [0.2, 0.25) is 0 Å². The van der Waals surface area contributed by atoms with E-state index in [1.807, 2.05) is 30.8 Å². The second-order valence-corrected chi connectivity index (χ2v) is 3.39. The zero-order chi connectivity index (χ0) is 11.5. The van der Waals surface area contributed by atoms with Gasteiger partial charge in [-0.3, -0.25) is 10.1 Å². The summed E-state index contributed by atoms with van der Waals surface area (Å²) in [5, 5.41) is 4.37. The Labute approximate surface area is 93.5 Å². The predicted octanol–water partition coefficient (Wildman–Crippen LogP) is 0.954. The molecule has 0 unspecified atom stereocenters. The highest BCUT2D eigenvalue weighted by Gasteiger charge is 2.08. The number of rotatable bonds is 3. The largest absolute Gasteiger partial charge is 0.292 e. The van der Waals surface area contributed by atoms with Gasteiger partial charge in [0.25, 0.3) is 0 Å². The molecular weight excluding hydrogens is 204 g/mol. The molecule has 0 aliphatic rings. The smallest absolute Gasteiger partial charge is 0.237 e. The van der Waals surface area contributed by atoms with Crippen LogP contribution in [0.15, 0.2) is 18.5 Å². The van der Waals surface area contributed by atoms with Gasteiger partial charge in [-0.05, 0) is 19.9 Å². The van der Waals surface area contributed by atoms with E-state index >= 15 is 0 Å². The maximum Gasteiger partial charge on any atom is 0.237 e. The number of hydrogen-bond acceptors (Lipinski definition) is 5. The highest BCUT2D eigenvalue weighted by atomic mass is 15.3. The van der Waals surface area contributed by atoms with E-state index in [0.29, 0.717) is 5.95 Å². The number of nitrogens with two attached hydrogens (primary N) is 1. The second kappa shape index (κ2) is 4.28. The Hall–Kier alpha value is -1.95. The predicted molar refractivity (Wildman–Crippen MR) is 61.5 cm³/mol. The van der Waals surface area contributed by atoms with Crippen molar-refractivity contribution in [2.24, 2.45) is 5.84 Å². The minimum atomic E-state index is 0.404. The zero-order valence-electron chi connectivity index (χ0n) is 9.31. The number of nitrogens with zero attached hydrogens (tertiary/aromatic N) is 4. The summed E-state index contributed by atoms with van der Waals surface area (Å²) in [6, 6.07) is 1.84. The number of aromatic nitrogens is 4. The molecule has 0 amide bonds. The van der Waals surface area contributed by atoms with Crippen LogP contribution in [-0.2, 0) is 6.54 Å². The van der Waals surface area contributed by atoms with Gasteiger partial charge in [-0.15, -0.1) is 0 Å². The summed E-state index contributed by atoms with van der Waals surface area (Å²) in [6.45, 7) is 4.84. The van der Waals surface area contributed by atoms with E-state index in [-0.39, 0.29) is 0 Å². The van der Waals surface area contributed by atoms with Crippen LogP contribution >= 0.6 is 0 Å². The number of nitrogen functional groups attached to an aromatic ring is 1. The summed E-state index contributed by atoms with van der Waals surface area (Å²) in [5.41, 5.74) is 5.20. The van der Waals surface area contributed by atoms with E-state index in [1.165, 1.54) is 0 Å². The molecule has 0 fully saturated rings. The van der Waals surface area contributed by atoms with Gasteiger partial charge in [-0.2, -0.15) is 5.10 Å². The maximum atomic E-state index is 5.27. The van der Waals surface area contributed by atoms with Gasteiger partial charge in [0, 0.05) is 24.5 Å². The van der Waals surface area contributed by atoms with Crippen LogP contribution in [-0.4, -0.2) is 19.7 Å². The Morgan fingerprint density at radius 2 is 2.31 bits per heavy atom. The van der Waals surface area contributed by atoms with Crippen LogP contribution in [0, 0.1) is 6.92 Å². The molecule has 6 heteroatoms. The van der Waals surface area contributed by atoms with Crippen molar-refractivity contribution in [3.05, 3.63) is 24.2 Å². The maximum absolute atomic E-state index is 5.27. The molecule has 6 nitrogen and oxygen atoms in total. The average molecular weight is 218 g/mol. The molecule has 2 aromatic heterocycles. The van der Waals surface area contributed by atoms with Crippen molar-refractivity contribution in [1.29, 1.82) is 0 Å². The van der Waals surface area contributed by atoms with Crippen LogP contribution in [0.3, 0.4) is 0 Å². The highest BCUT2D eigenvalue weighted by molar-refractivity contribution is 5.61. The summed E-state index contributed by atoms with van der Waals surface area (Å²) in [4.78, 5) is 8.23. The quantitative estimate of drug-likeness (QED) is 0.592. The SMILES string of the molecule is CCn1cc(-c2ccnc(NN)n2)c(C)n1. The van der Waals surface area contributed by atoms with Gasteiger partial charge in [0.15, 0.2) is 0 Å². The Kier molecular flexibility index (Phi) is 2.82. The highest BCUT2D eigenvalue weighted by Crippen LogP contribution is 2.20. The van der Waals surface area contributed by atoms with Crippen molar-refractivity contribution < 1.29 is 0 Å². The normalized spacial score (nSPS) is 10.4. The lowest BCUT2D eigenvalue weighted by atomic mass is 10.2. The monoisotopic (exact) mass is 218 g/mol. The van der Waals surface area contributed by atoms with E-state index in [0.717, 1.165) is 23.5 Å². The Morgan fingerprint density at radius 3 is 2.94 bits per heavy atom. The minimum Gasteiger partial charge on any atom is -0.292 e. The molecule has 0 radical (unpaired) electrons. The average Bonchev–Trinajstić information content (AvgIpc) is 2.71. The number of anilines is 1. The summed E-state index contributed by atoms with van der Waals surface area (Å²) in [6.07, 6.45) is 3.64. The van der Waals surface area contributed by atoms with Crippen LogP contribution in [0.5, 0.6) is 0 Å². The number of nitrogens with one attached hydrogen (secondary N) is 1. The standard InChI is InChI=1S/C10H14N6/c1-3-16-6-8(7(2)15-16)9-4-5-12-10(13-9)14-11/h4-6H,3,11H2,1-2H3,(H,12,13,14). The van der Waals surface area contributed by atoms with E-state index < -0.39 is 0 Å². The lowest BCUT2D eigenvalue weighted by molar-refractivity contribution is 0.653. The van der Waals surface area contributed by atoms with Gasteiger partial charge in [0.1, 0.15) is 0 Å². The lowest BCUT2D eigenvalue weighted by Gasteiger charge is -2.00. The third-order valence-corrected chi connectivity index (χ3v) is 2.33. The molecule has 0 aromatic carbocycles. The molecule has 0 saturated carbocycles. The zero-order valence-corrected chi connectivity index (χ0v) is 9.31. The lowest BCUT2D eigenvalue weighted by Crippen LogP contribution is -2.10. The molecule has 0 bridgehead atoms. The molecule has 0 saturated heterocycles. The van der Waals surface area contributed by atoms with E-state index in [4.69, 9.17) is 5.84 Å². The first-order chi connectivity index (χ1) is 7.74. The van der Waals surface area contributed by atoms with Crippen LogP contribution < -0.4 is 11.3 Å². The van der Waals surface area contributed by atoms with Crippen molar-refractivity contribution in [3.8, 4) is 11.3 Å². The fourth-order valence-corrected chi connectivity index (χ4v) is 1.51. The molecule has 0 atom stereocenters. The molecular formula is C10H14N6. The van der Waals surface area contributed by atoms with Gasteiger partial charge < -0.3 is 0 Å². The van der Waals surface area contributed by atoms with Gasteiger partial charge in [0.05, 0.1) is 11.4 Å². The number of aryl methyl sites for hydroxylation is 2. The first-order valence-electron chi connectivity index (χ1n) is 5.08. The van der Waals surface area contributed by atoms with Gasteiger partial charge >= 0.3 is 0 Å². The molecule has 2 heterocycles. The summed E-state index contributed by atoms with van der Waals surface area (Å²) in [5.74, 6) is 5.67. The summed E-state index contributed by atoms with van der Waals surface area (Å²) >= 11 is 0. The van der Waals surface area contributed by atoms with E-state index in [1.54, 1.807) is 6.20 Å². The van der Waals surface area contributed by atoms with Crippen LogP contribution in [0.4, 0.5) is 5.95 Å². The van der Waals surface area contributed by atoms with Gasteiger partial charge in [0.2, 0.25) is 5.95 Å². The fourth-order valence-electron chi connectivity index (χ4n) is 1.51. The second-order valence-electron chi connectivity index (χ2n) is 3.39. The molecule has 0 aliphatic carbocycles. The third-order valence-electron chi connectivity index (χ3n) is 2.33. The molecule has 84 valence electrons. The molecule has 0 spiro atoms. The molecule has 0 aliphatic heterocycles. The number of hydrazine groups is 1. The van der Waals surface area contributed by atoms with Crippen LogP contribution in [0.25, 0.3) is 11.3 Å². The van der Waals surface area contributed by atoms with Gasteiger partial charge in [-0.1, -0.05) is 0 Å². The van der Waals surface area contributed by atoms with Gasteiger partial charge in [-0.25, -0.2) is 15.8 Å². The van der Waals surface area contributed by atoms with Crippen LogP contribution in [0.1, 0.15) is 12.6 Å². The number of hydrogen-bond donors (Lipinski definition) is 2. The Morgan fingerprint density at radius 1 is 1.50 bits per heavy atom. The van der Waals surface area contributed by atoms with Crippen molar-refractivity contribution >= 4 is 5.95 Å². The topological polar surface area (TPSA) is 81.7 Å². The third kappa shape index (κ3) is 1.87.